The van der Waals surface area contributed by atoms with E-state index in [1.807, 2.05) is 6.92 Å². The van der Waals surface area contributed by atoms with E-state index < -0.39 is 12.1 Å². The van der Waals surface area contributed by atoms with E-state index >= 15 is 0 Å². The summed E-state index contributed by atoms with van der Waals surface area (Å²) in [7, 11) is 0. The summed E-state index contributed by atoms with van der Waals surface area (Å²) in [6.45, 7) is 4.46. The molecule has 0 aliphatic heterocycles. The van der Waals surface area contributed by atoms with E-state index in [1.54, 1.807) is 4.68 Å². The molecule has 0 radical (unpaired) electrons. The zero-order chi connectivity index (χ0) is 11.3. The van der Waals surface area contributed by atoms with Crippen molar-refractivity contribution in [3.8, 4) is 0 Å². The normalized spacial score (nSPS) is 12.7. The third-order valence-corrected chi connectivity index (χ3v) is 1.94. The average molecular weight is 213 g/mol. The number of aromatic nitrogens is 3. The number of hydrogen-bond acceptors (Lipinski definition) is 4. The molecule has 0 spiro atoms. The second-order valence-corrected chi connectivity index (χ2v) is 3.19. The Morgan fingerprint density at radius 3 is 3.07 bits per heavy atom. The van der Waals surface area contributed by atoms with Gasteiger partial charge in [0.05, 0.1) is 0 Å². The lowest BCUT2D eigenvalue weighted by Crippen LogP contribution is -2.20. The Bertz CT molecular complexity index is 324. The molecule has 1 heterocycles. The van der Waals surface area contributed by atoms with Crippen molar-refractivity contribution in [3.05, 3.63) is 12.2 Å². The number of hydrogen-bond donors (Lipinski definition) is 1. The van der Waals surface area contributed by atoms with Gasteiger partial charge in [0.25, 0.3) is 0 Å². The van der Waals surface area contributed by atoms with Gasteiger partial charge in [-0.2, -0.15) is 5.10 Å². The van der Waals surface area contributed by atoms with Crippen molar-refractivity contribution in [1.82, 2.24) is 14.8 Å². The first-order chi connectivity index (χ1) is 7.15. The maximum Gasteiger partial charge on any atom is 0.332 e. The fourth-order valence-corrected chi connectivity index (χ4v) is 1.07. The molecule has 0 amide bonds. The molecule has 1 aromatic rings. The first-order valence-corrected chi connectivity index (χ1v) is 4.86. The lowest BCUT2D eigenvalue weighted by Gasteiger charge is -2.08. The molecule has 0 aliphatic carbocycles. The molecule has 6 nitrogen and oxygen atoms in total. The molecule has 1 aromatic heterocycles. The molecule has 15 heavy (non-hydrogen) atoms. The smallest absolute Gasteiger partial charge is 0.332 e. The minimum Gasteiger partial charge on any atom is -0.479 e. The van der Waals surface area contributed by atoms with Crippen LogP contribution >= 0.6 is 0 Å². The summed E-state index contributed by atoms with van der Waals surface area (Å²) in [5, 5.41) is 12.6. The van der Waals surface area contributed by atoms with Crippen LogP contribution in [0.25, 0.3) is 0 Å². The highest BCUT2D eigenvalue weighted by atomic mass is 16.5. The van der Waals surface area contributed by atoms with Gasteiger partial charge >= 0.3 is 5.97 Å². The third-order valence-electron chi connectivity index (χ3n) is 1.94. The standard InChI is InChI=1S/C9H15N3O3/c1-3-4-12-8(10-6-11-12)5-15-7(2)9(13)14/h6-7H,3-5H2,1-2H3,(H,13,14). The predicted molar refractivity (Wildman–Crippen MR) is 52.2 cm³/mol. The minimum absolute atomic E-state index is 0.174. The highest BCUT2D eigenvalue weighted by Crippen LogP contribution is 2.01. The molecule has 84 valence electrons. The zero-order valence-corrected chi connectivity index (χ0v) is 8.88. The van der Waals surface area contributed by atoms with Crippen LogP contribution in [0.5, 0.6) is 0 Å². The number of carbonyl (C=O) groups is 1. The Balaban J connectivity index is 2.49. The number of rotatable bonds is 6. The van der Waals surface area contributed by atoms with Crippen molar-refractivity contribution in [2.24, 2.45) is 0 Å². The van der Waals surface area contributed by atoms with E-state index in [4.69, 9.17) is 9.84 Å². The number of carboxylic acids is 1. The monoisotopic (exact) mass is 213 g/mol. The van der Waals surface area contributed by atoms with Crippen molar-refractivity contribution >= 4 is 5.97 Å². The third kappa shape index (κ3) is 3.32. The van der Waals surface area contributed by atoms with Gasteiger partial charge in [0.2, 0.25) is 0 Å². The summed E-state index contributed by atoms with van der Waals surface area (Å²) in [6, 6.07) is 0. The number of aliphatic carboxylic acids is 1. The summed E-state index contributed by atoms with van der Waals surface area (Å²) >= 11 is 0. The van der Waals surface area contributed by atoms with E-state index in [0.29, 0.717) is 5.82 Å². The largest absolute Gasteiger partial charge is 0.479 e. The molecule has 0 aliphatic rings. The first-order valence-electron chi connectivity index (χ1n) is 4.86. The maximum atomic E-state index is 10.5. The van der Waals surface area contributed by atoms with Gasteiger partial charge < -0.3 is 9.84 Å². The summed E-state index contributed by atoms with van der Waals surface area (Å²) in [6.07, 6.45) is 1.57. The van der Waals surface area contributed by atoms with E-state index in [-0.39, 0.29) is 6.61 Å². The van der Waals surface area contributed by atoms with Gasteiger partial charge in [-0.25, -0.2) is 14.5 Å². The van der Waals surface area contributed by atoms with Crippen LogP contribution in [0.1, 0.15) is 26.1 Å². The molecule has 1 N–H and O–H groups in total. The second-order valence-electron chi connectivity index (χ2n) is 3.19. The van der Waals surface area contributed by atoms with Gasteiger partial charge in [-0.3, -0.25) is 0 Å². The fraction of sp³-hybridized carbons (Fsp3) is 0.667. The van der Waals surface area contributed by atoms with Crippen molar-refractivity contribution in [2.75, 3.05) is 0 Å². The average Bonchev–Trinajstić information content (AvgIpc) is 2.62. The van der Waals surface area contributed by atoms with Crippen LogP contribution in [-0.4, -0.2) is 31.9 Å². The number of nitrogens with zero attached hydrogens (tertiary/aromatic N) is 3. The van der Waals surface area contributed by atoms with Crippen molar-refractivity contribution < 1.29 is 14.6 Å². The highest BCUT2D eigenvalue weighted by molar-refractivity contribution is 5.71. The van der Waals surface area contributed by atoms with Crippen molar-refractivity contribution in [3.63, 3.8) is 0 Å². The molecule has 1 atom stereocenters. The van der Waals surface area contributed by atoms with Gasteiger partial charge in [0.15, 0.2) is 11.9 Å². The Kier molecular flexibility index (Phi) is 4.23. The Hall–Kier alpha value is -1.43. The summed E-state index contributed by atoms with van der Waals surface area (Å²) < 4.78 is 6.83. The van der Waals surface area contributed by atoms with Gasteiger partial charge in [0, 0.05) is 6.54 Å². The van der Waals surface area contributed by atoms with E-state index in [1.165, 1.54) is 13.3 Å². The summed E-state index contributed by atoms with van der Waals surface area (Å²) in [5.41, 5.74) is 0. The van der Waals surface area contributed by atoms with Crippen LogP contribution in [0.15, 0.2) is 6.33 Å². The topological polar surface area (TPSA) is 77.2 Å². The number of carboxylic acid groups (broad SMARTS) is 1. The molecular formula is C9H15N3O3. The Morgan fingerprint density at radius 2 is 2.47 bits per heavy atom. The predicted octanol–water partition coefficient (Wildman–Crippen LogP) is 0.678. The van der Waals surface area contributed by atoms with Gasteiger partial charge in [-0.05, 0) is 13.3 Å². The molecule has 6 heteroatoms. The lowest BCUT2D eigenvalue weighted by molar-refractivity contribution is -0.150. The van der Waals surface area contributed by atoms with Gasteiger partial charge in [-0.15, -0.1) is 0 Å². The molecule has 0 fully saturated rings. The molecule has 0 saturated heterocycles. The van der Waals surface area contributed by atoms with Crippen LogP contribution < -0.4 is 0 Å². The van der Waals surface area contributed by atoms with E-state index in [2.05, 4.69) is 10.1 Å². The maximum absolute atomic E-state index is 10.5. The van der Waals surface area contributed by atoms with Crippen LogP contribution in [0.3, 0.4) is 0 Å². The van der Waals surface area contributed by atoms with Crippen LogP contribution in [-0.2, 0) is 22.7 Å². The highest BCUT2D eigenvalue weighted by Gasteiger charge is 2.12. The SMILES string of the molecule is CCCn1ncnc1COC(C)C(=O)O. The van der Waals surface area contributed by atoms with Crippen molar-refractivity contribution in [2.45, 2.75) is 39.5 Å². The Morgan fingerprint density at radius 1 is 1.73 bits per heavy atom. The molecule has 0 saturated carbocycles. The van der Waals surface area contributed by atoms with E-state index in [9.17, 15) is 4.79 Å². The molecular weight excluding hydrogens is 198 g/mol. The van der Waals surface area contributed by atoms with Gasteiger partial charge in [-0.1, -0.05) is 6.92 Å². The summed E-state index contributed by atoms with van der Waals surface area (Å²) in [4.78, 5) is 14.5. The number of ether oxygens (including phenoxy) is 1. The van der Waals surface area contributed by atoms with Gasteiger partial charge in [0.1, 0.15) is 12.9 Å². The minimum atomic E-state index is -0.975. The zero-order valence-electron chi connectivity index (χ0n) is 8.88. The van der Waals surface area contributed by atoms with Crippen LogP contribution in [0.2, 0.25) is 0 Å². The summed E-state index contributed by atoms with van der Waals surface area (Å²) in [5.74, 6) is -0.318. The first kappa shape index (κ1) is 11.6. The molecule has 1 unspecified atom stereocenters. The Labute approximate surface area is 87.9 Å². The molecule has 0 aromatic carbocycles. The lowest BCUT2D eigenvalue weighted by atomic mass is 10.4. The van der Waals surface area contributed by atoms with E-state index in [0.717, 1.165) is 13.0 Å². The van der Waals surface area contributed by atoms with Crippen molar-refractivity contribution in [1.29, 1.82) is 0 Å². The number of aryl methyl sites for hydroxylation is 1. The molecule has 0 bridgehead atoms. The fourth-order valence-electron chi connectivity index (χ4n) is 1.07. The quantitative estimate of drug-likeness (QED) is 0.751. The molecule has 1 rings (SSSR count). The van der Waals surface area contributed by atoms with Crippen LogP contribution in [0.4, 0.5) is 0 Å². The second kappa shape index (κ2) is 5.45. The van der Waals surface area contributed by atoms with Crippen LogP contribution in [0, 0.1) is 0 Å².